The van der Waals surface area contributed by atoms with E-state index >= 15 is 0 Å². The van der Waals surface area contributed by atoms with E-state index < -0.39 is 5.97 Å². The number of nitrogens with one attached hydrogen (secondary N) is 1. The Balaban J connectivity index is 1.63. The number of carboxylic acid groups (broad SMARTS) is 1. The Labute approximate surface area is 196 Å². The molecule has 0 bridgehead atoms. The molecule has 3 aromatic carbocycles. The van der Waals surface area contributed by atoms with Crippen LogP contribution in [0.1, 0.15) is 16.7 Å². The van der Waals surface area contributed by atoms with Gasteiger partial charge in [0, 0.05) is 15.6 Å². The van der Waals surface area contributed by atoms with Crippen LogP contribution in [-0.2, 0) is 11.4 Å². The molecule has 8 heteroatoms. The number of hydrogen-bond acceptors (Lipinski definition) is 5. The van der Waals surface area contributed by atoms with Crippen LogP contribution >= 0.6 is 27.7 Å². The van der Waals surface area contributed by atoms with Gasteiger partial charge in [0.05, 0.1) is 22.7 Å². The lowest BCUT2D eigenvalue weighted by molar-refractivity contribution is -0.131. The second-order valence-electron chi connectivity index (χ2n) is 6.71. The van der Waals surface area contributed by atoms with Crippen molar-refractivity contribution in [2.24, 2.45) is 0 Å². The van der Waals surface area contributed by atoms with E-state index in [1.165, 1.54) is 0 Å². The van der Waals surface area contributed by atoms with Crippen LogP contribution in [0.25, 0.3) is 17.1 Å². The number of aromatic amines is 1. The molecule has 0 atom stereocenters. The van der Waals surface area contributed by atoms with E-state index in [1.807, 2.05) is 42.5 Å². The Bertz CT molecular complexity index is 1340. The molecule has 0 saturated heterocycles. The topological polar surface area (TPSA) is 99.0 Å². The first-order valence-corrected chi connectivity index (χ1v) is 11.1. The Kier molecular flexibility index (Phi) is 6.59. The SMILES string of the molecule is N#Cc1ccccc1COc1ccc(Br)cc1/C=C(\Sc1nc2ccccc2[nH]1)C(=O)O. The largest absolute Gasteiger partial charge is 0.488 e. The predicted octanol–water partition coefficient (Wildman–Crippen LogP) is 5.99. The summed E-state index contributed by atoms with van der Waals surface area (Å²) in [6, 6.07) is 22.2. The lowest BCUT2D eigenvalue weighted by Crippen LogP contribution is -2.01. The molecule has 0 radical (unpaired) electrons. The van der Waals surface area contributed by atoms with Gasteiger partial charge in [-0.15, -0.1) is 0 Å². The number of nitrogens with zero attached hydrogens (tertiary/aromatic N) is 2. The third-order valence-corrected chi connectivity index (χ3v) is 5.96. The summed E-state index contributed by atoms with van der Waals surface area (Å²) in [5.74, 6) is -0.568. The first-order valence-electron chi connectivity index (χ1n) is 9.51. The molecule has 0 aliphatic heterocycles. The minimum Gasteiger partial charge on any atom is -0.488 e. The van der Waals surface area contributed by atoms with E-state index in [0.29, 0.717) is 22.0 Å². The number of aliphatic carboxylic acids is 1. The second-order valence-corrected chi connectivity index (χ2v) is 8.66. The number of rotatable bonds is 7. The zero-order chi connectivity index (χ0) is 22.5. The van der Waals surface area contributed by atoms with E-state index in [0.717, 1.165) is 32.8 Å². The van der Waals surface area contributed by atoms with Gasteiger partial charge in [-0.1, -0.05) is 46.3 Å². The van der Waals surface area contributed by atoms with E-state index in [9.17, 15) is 15.2 Å². The van der Waals surface area contributed by atoms with Crippen molar-refractivity contribution in [3.05, 3.63) is 92.8 Å². The third-order valence-electron chi connectivity index (χ3n) is 4.56. The van der Waals surface area contributed by atoms with Crippen LogP contribution in [0.3, 0.4) is 0 Å². The Hall–Kier alpha value is -3.54. The molecular formula is C24H16BrN3O3S. The quantitative estimate of drug-likeness (QED) is 0.236. The number of benzene rings is 3. The normalized spacial score (nSPS) is 11.3. The fourth-order valence-corrected chi connectivity index (χ4v) is 4.20. The number of halogens is 1. The third kappa shape index (κ3) is 5.02. The second kappa shape index (κ2) is 9.73. The summed E-state index contributed by atoms with van der Waals surface area (Å²) in [5, 5.41) is 19.6. The minimum absolute atomic E-state index is 0.0874. The van der Waals surface area contributed by atoms with Gasteiger partial charge in [0.15, 0.2) is 5.16 Å². The summed E-state index contributed by atoms with van der Waals surface area (Å²) in [4.78, 5) is 19.6. The molecule has 0 aliphatic rings. The number of para-hydroxylation sites is 2. The van der Waals surface area contributed by atoms with E-state index in [4.69, 9.17) is 4.74 Å². The summed E-state index contributed by atoms with van der Waals surface area (Å²) < 4.78 is 6.74. The maximum Gasteiger partial charge on any atom is 0.342 e. The minimum atomic E-state index is -1.07. The summed E-state index contributed by atoms with van der Waals surface area (Å²) in [5.41, 5.74) is 3.48. The van der Waals surface area contributed by atoms with Crippen molar-refractivity contribution in [3.8, 4) is 11.8 Å². The van der Waals surface area contributed by atoms with Gasteiger partial charge in [0.25, 0.3) is 0 Å². The molecule has 2 N–H and O–H groups in total. The van der Waals surface area contributed by atoms with Gasteiger partial charge in [-0.25, -0.2) is 9.78 Å². The molecule has 0 fully saturated rings. The molecule has 32 heavy (non-hydrogen) atoms. The summed E-state index contributed by atoms with van der Waals surface area (Å²) in [7, 11) is 0. The highest BCUT2D eigenvalue weighted by Gasteiger charge is 2.15. The molecule has 0 amide bonds. The predicted molar refractivity (Wildman–Crippen MR) is 127 cm³/mol. The number of nitriles is 1. The molecule has 4 rings (SSSR count). The van der Waals surface area contributed by atoms with Gasteiger partial charge in [0.2, 0.25) is 0 Å². The fraction of sp³-hybridized carbons (Fsp3) is 0.0417. The zero-order valence-corrected chi connectivity index (χ0v) is 19.0. The van der Waals surface area contributed by atoms with Crippen LogP contribution in [-0.4, -0.2) is 21.0 Å². The molecule has 1 aromatic heterocycles. The van der Waals surface area contributed by atoms with Gasteiger partial charge in [-0.2, -0.15) is 5.26 Å². The number of carbonyl (C=O) groups is 1. The van der Waals surface area contributed by atoms with Crippen molar-refractivity contribution >= 4 is 50.8 Å². The molecule has 0 aliphatic carbocycles. The summed E-state index contributed by atoms with van der Waals surface area (Å²) in [6.45, 7) is 0.186. The number of fused-ring (bicyclic) bond motifs is 1. The number of carboxylic acids is 1. The molecular weight excluding hydrogens is 490 g/mol. The van der Waals surface area contributed by atoms with Gasteiger partial charge in [-0.05, 0) is 54.2 Å². The van der Waals surface area contributed by atoms with Crippen molar-refractivity contribution < 1.29 is 14.6 Å². The molecule has 4 aromatic rings. The van der Waals surface area contributed by atoms with Crippen LogP contribution in [0, 0.1) is 11.3 Å². The number of H-pyrrole nitrogens is 1. The lowest BCUT2D eigenvalue weighted by atomic mass is 10.1. The Morgan fingerprint density at radius 2 is 1.97 bits per heavy atom. The van der Waals surface area contributed by atoms with Crippen molar-refractivity contribution in [3.63, 3.8) is 0 Å². The first-order chi connectivity index (χ1) is 15.5. The summed E-state index contributed by atoms with van der Waals surface area (Å²) >= 11 is 4.47. The smallest absolute Gasteiger partial charge is 0.342 e. The average Bonchev–Trinajstić information content (AvgIpc) is 3.20. The number of aromatic nitrogens is 2. The number of imidazole rings is 1. The maximum absolute atomic E-state index is 12.0. The highest BCUT2D eigenvalue weighted by atomic mass is 79.9. The Morgan fingerprint density at radius 3 is 2.75 bits per heavy atom. The first kappa shape index (κ1) is 21.7. The average molecular weight is 506 g/mol. The molecule has 0 spiro atoms. The van der Waals surface area contributed by atoms with Crippen molar-refractivity contribution in [1.29, 1.82) is 5.26 Å². The molecule has 1 heterocycles. The van der Waals surface area contributed by atoms with E-state index in [1.54, 1.807) is 30.3 Å². The zero-order valence-electron chi connectivity index (χ0n) is 16.6. The van der Waals surface area contributed by atoms with Crippen molar-refractivity contribution in [1.82, 2.24) is 9.97 Å². The van der Waals surface area contributed by atoms with Gasteiger partial charge in [-0.3, -0.25) is 0 Å². The van der Waals surface area contributed by atoms with E-state index in [2.05, 4.69) is 32.0 Å². The molecule has 0 saturated carbocycles. The number of hydrogen-bond donors (Lipinski definition) is 2. The Morgan fingerprint density at radius 1 is 1.19 bits per heavy atom. The maximum atomic E-state index is 12.0. The van der Waals surface area contributed by atoms with Crippen LogP contribution in [0.4, 0.5) is 0 Å². The molecule has 6 nitrogen and oxygen atoms in total. The lowest BCUT2D eigenvalue weighted by Gasteiger charge is -2.11. The van der Waals surface area contributed by atoms with Gasteiger partial charge in [0.1, 0.15) is 17.3 Å². The standard InChI is InChI=1S/C24H16BrN3O3S/c25-18-9-10-21(31-14-16-6-2-1-5-15(16)13-26)17(11-18)12-22(23(29)30)32-24-27-19-7-3-4-8-20(19)28-24/h1-12H,14H2,(H,27,28)(H,29,30)/b22-12-. The van der Waals surface area contributed by atoms with Crippen LogP contribution in [0.5, 0.6) is 5.75 Å². The fourth-order valence-electron chi connectivity index (χ4n) is 3.03. The van der Waals surface area contributed by atoms with E-state index in [-0.39, 0.29) is 11.5 Å². The molecule has 0 unspecified atom stereocenters. The highest BCUT2D eigenvalue weighted by Crippen LogP contribution is 2.32. The van der Waals surface area contributed by atoms with Crippen LogP contribution in [0.2, 0.25) is 0 Å². The van der Waals surface area contributed by atoms with Crippen molar-refractivity contribution in [2.75, 3.05) is 0 Å². The van der Waals surface area contributed by atoms with Crippen LogP contribution < -0.4 is 4.74 Å². The van der Waals surface area contributed by atoms with Crippen molar-refractivity contribution in [2.45, 2.75) is 11.8 Å². The van der Waals surface area contributed by atoms with Gasteiger partial charge >= 0.3 is 5.97 Å². The molecule has 158 valence electrons. The summed E-state index contributed by atoms with van der Waals surface area (Å²) in [6.07, 6.45) is 1.55. The number of ether oxygens (including phenoxy) is 1. The van der Waals surface area contributed by atoms with Crippen LogP contribution in [0.15, 0.2) is 81.3 Å². The number of thioether (sulfide) groups is 1. The monoisotopic (exact) mass is 505 g/mol. The highest BCUT2D eigenvalue weighted by molar-refractivity contribution is 9.10. The van der Waals surface area contributed by atoms with Gasteiger partial charge < -0.3 is 14.8 Å².